The normalized spacial score (nSPS) is 11.4. The second-order valence-corrected chi connectivity index (χ2v) is 5.78. The molecule has 1 aromatic heterocycles. The van der Waals surface area contributed by atoms with Gasteiger partial charge in [-0.25, -0.2) is 4.98 Å². The first-order valence-corrected chi connectivity index (χ1v) is 7.31. The van der Waals surface area contributed by atoms with Gasteiger partial charge in [-0.05, 0) is 49.2 Å². The van der Waals surface area contributed by atoms with Crippen molar-refractivity contribution in [2.24, 2.45) is 0 Å². The Labute approximate surface area is 120 Å². The molecular weight excluding hydrogens is 304 g/mol. The molecule has 1 aromatic carbocycles. The lowest BCUT2D eigenvalue weighted by Gasteiger charge is -2.08. The lowest BCUT2D eigenvalue weighted by Crippen LogP contribution is -2.04. The van der Waals surface area contributed by atoms with Crippen molar-refractivity contribution in [3.05, 3.63) is 34.9 Å². The molecule has 0 aliphatic carbocycles. The van der Waals surface area contributed by atoms with Crippen LogP contribution in [-0.4, -0.2) is 27.9 Å². The largest absolute Gasteiger partial charge is 0.324 e. The lowest BCUT2D eigenvalue weighted by molar-refractivity contribution is 0.482. The van der Waals surface area contributed by atoms with E-state index in [1.54, 1.807) is 19.9 Å². The molecule has 1 heterocycles. The first-order chi connectivity index (χ1) is 9.25. The van der Waals surface area contributed by atoms with E-state index in [2.05, 4.69) is 20.3 Å². The Kier molecular flexibility index (Phi) is 3.89. The zero-order valence-corrected chi connectivity index (χ0v) is 12.2. The van der Waals surface area contributed by atoms with Crippen molar-refractivity contribution in [2.45, 2.75) is 18.7 Å². The molecule has 0 radical (unpaired) electrons. The SMILES string of the molecule is Cc1nc(Cl)nc(Nc2ccc(S(=O)(=O)O)c(C)c2)n1. The van der Waals surface area contributed by atoms with E-state index in [1.165, 1.54) is 12.1 Å². The third kappa shape index (κ3) is 3.41. The van der Waals surface area contributed by atoms with E-state index in [4.69, 9.17) is 16.2 Å². The van der Waals surface area contributed by atoms with Crippen molar-refractivity contribution in [2.75, 3.05) is 5.32 Å². The Bertz CT molecular complexity index is 744. The average molecular weight is 315 g/mol. The molecule has 0 spiro atoms. The Hall–Kier alpha value is -1.77. The highest BCUT2D eigenvalue weighted by molar-refractivity contribution is 7.85. The van der Waals surface area contributed by atoms with Crippen LogP contribution >= 0.6 is 11.6 Å². The molecule has 0 bridgehead atoms. The van der Waals surface area contributed by atoms with Crippen molar-refractivity contribution in [1.29, 1.82) is 0 Å². The number of anilines is 2. The molecule has 0 unspecified atom stereocenters. The number of nitrogens with one attached hydrogen (secondary N) is 1. The quantitative estimate of drug-likeness (QED) is 0.836. The predicted octanol–water partition coefficient (Wildman–Crippen LogP) is 2.13. The highest BCUT2D eigenvalue weighted by Crippen LogP contribution is 2.21. The number of aromatic nitrogens is 3. The van der Waals surface area contributed by atoms with Crippen molar-refractivity contribution in [3.63, 3.8) is 0 Å². The zero-order chi connectivity index (χ0) is 14.9. The molecule has 0 atom stereocenters. The number of benzene rings is 1. The maximum Gasteiger partial charge on any atom is 0.294 e. The van der Waals surface area contributed by atoms with Crippen molar-refractivity contribution < 1.29 is 13.0 Å². The highest BCUT2D eigenvalue weighted by atomic mass is 35.5. The zero-order valence-electron chi connectivity index (χ0n) is 10.6. The summed E-state index contributed by atoms with van der Waals surface area (Å²) < 4.78 is 31.2. The van der Waals surface area contributed by atoms with Gasteiger partial charge in [0.25, 0.3) is 10.1 Å². The summed E-state index contributed by atoms with van der Waals surface area (Å²) in [5, 5.41) is 2.94. The van der Waals surface area contributed by atoms with Crippen LogP contribution < -0.4 is 5.32 Å². The van der Waals surface area contributed by atoms with Gasteiger partial charge in [0.2, 0.25) is 11.2 Å². The summed E-state index contributed by atoms with van der Waals surface area (Å²) in [6.07, 6.45) is 0. The molecule has 7 nitrogen and oxygen atoms in total. The van der Waals surface area contributed by atoms with Gasteiger partial charge in [0.1, 0.15) is 5.82 Å². The van der Waals surface area contributed by atoms with Gasteiger partial charge < -0.3 is 5.32 Å². The third-order valence-electron chi connectivity index (χ3n) is 2.43. The molecule has 9 heteroatoms. The van der Waals surface area contributed by atoms with Crippen LogP contribution in [-0.2, 0) is 10.1 Å². The summed E-state index contributed by atoms with van der Waals surface area (Å²) in [6, 6.07) is 4.34. The summed E-state index contributed by atoms with van der Waals surface area (Å²) in [4.78, 5) is 11.6. The summed E-state index contributed by atoms with van der Waals surface area (Å²) in [6.45, 7) is 3.24. The van der Waals surface area contributed by atoms with Crippen LogP contribution in [0, 0.1) is 13.8 Å². The molecule has 0 amide bonds. The molecule has 0 aliphatic rings. The second-order valence-electron chi connectivity index (χ2n) is 4.06. The van der Waals surface area contributed by atoms with E-state index in [9.17, 15) is 8.42 Å². The highest BCUT2D eigenvalue weighted by Gasteiger charge is 2.13. The fourth-order valence-electron chi connectivity index (χ4n) is 1.65. The van der Waals surface area contributed by atoms with Crippen molar-refractivity contribution >= 4 is 33.4 Å². The fraction of sp³-hybridized carbons (Fsp3) is 0.182. The molecule has 20 heavy (non-hydrogen) atoms. The summed E-state index contributed by atoms with van der Waals surface area (Å²) in [5.74, 6) is 0.709. The molecule has 106 valence electrons. The van der Waals surface area contributed by atoms with Crippen molar-refractivity contribution in [1.82, 2.24) is 15.0 Å². The molecule has 2 rings (SSSR count). The van der Waals surface area contributed by atoms with Gasteiger partial charge >= 0.3 is 0 Å². The summed E-state index contributed by atoms with van der Waals surface area (Å²) in [5.41, 5.74) is 0.964. The first kappa shape index (κ1) is 14.6. The number of halogens is 1. The Balaban J connectivity index is 2.33. The maximum absolute atomic E-state index is 11.1. The van der Waals surface area contributed by atoms with Gasteiger partial charge in [0.15, 0.2) is 0 Å². The van der Waals surface area contributed by atoms with Crippen LogP contribution in [0.3, 0.4) is 0 Å². The molecule has 0 fully saturated rings. The van der Waals surface area contributed by atoms with Gasteiger partial charge in [0, 0.05) is 5.69 Å². The van der Waals surface area contributed by atoms with Gasteiger partial charge in [-0.1, -0.05) is 0 Å². The number of hydrogen-bond acceptors (Lipinski definition) is 6. The molecule has 0 saturated carbocycles. The van der Waals surface area contributed by atoms with Crippen LogP contribution in [0.4, 0.5) is 11.6 Å². The van der Waals surface area contributed by atoms with E-state index in [-0.39, 0.29) is 16.1 Å². The van der Waals surface area contributed by atoms with Gasteiger partial charge in [-0.15, -0.1) is 0 Å². The standard InChI is InChI=1S/C11H11ClN4O3S/c1-6-5-8(3-4-9(6)20(17,18)19)15-11-14-7(2)13-10(12)16-11/h3-5H,1-2H3,(H,17,18,19)(H,13,14,15,16). The third-order valence-corrected chi connectivity index (χ3v) is 3.61. The Morgan fingerprint density at radius 1 is 1.20 bits per heavy atom. The molecule has 2 aromatic rings. The fourth-order valence-corrected chi connectivity index (χ4v) is 2.56. The van der Waals surface area contributed by atoms with Crippen molar-refractivity contribution in [3.8, 4) is 0 Å². The Morgan fingerprint density at radius 2 is 1.90 bits per heavy atom. The molecular formula is C11H11ClN4O3S. The Morgan fingerprint density at radius 3 is 2.45 bits per heavy atom. The minimum absolute atomic E-state index is 0.0614. The average Bonchev–Trinajstić information content (AvgIpc) is 2.25. The van der Waals surface area contributed by atoms with Gasteiger partial charge in [-0.3, -0.25) is 4.55 Å². The van der Waals surface area contributed by atoms with E-state index in [1.807, 2.05) is 0 Å². The van der Waals surface area contributed by atoms with Crippen LogP contribution in [0.5, 0.6) is 0 Å². The predicted molar refractivity (Wildman–Crippen MR) is 73.9 cm³/mol. The van der Waals surface area contributed by atoms with Crippen LogP contribution in [0.15, 0.2) is 23.1 Å². The minimum Gasteiger partial charge on any atom is -0.324 e. The van der Waals surface area contributed by atoms with E-state index >= 15 is 0 Å². The molecule has 0 saturated heterocycles. The van der Waals surface area contributed by atoms with Crippen LogP contribution in [0.1, 0.15) is 11.4 Å². The number of aryl methyl sites for hydroxylation is 2. The van der Waals surface area contributed by atoms with Crippen LogP contribution in [0.2, 0.25) is 5.28 Å². The topological polar surface area (TPSA) is 105 Å². The first-order valence-electron chi connectivity index (χ1n) is 5.49. The van der Waals surface area contributed by atoms with E-state index in [0.29, 0.717) is 17.1 Å². The van der Waals surface area contributed by atoms with Crippen LogP contribution in [0.25, 0.3) is 0 Å². The summed E-state index contributed by atoms with van der Waals surface area (Å²) >= 11 is 5.72. The number of rotatable bonds is 3. The van der Waals surface area contributed by atoms with E-state index in [0.717, 1.165) is 0 Å². The van der Waals surface area contributed by atoms with Gasteiger partial charge in [-0.2, -0.15) is 18.4 Å². The second kappa shape index (κ2) is 5.31. The number of nitrogens with zero attached hydrogens (tertiary/aromatic N) is 3. The monoisotopic (exact) mass is 314 g/mol. The molecule has 2 N–H and O–H groups in total. The van der Waals surface area contributed by atoms with E-state index < -0.39 is 10.1 Å². The maximum atomic E-state index is 11.1. The minimum atomic E-state index is -4.23. The summed E-state index contributed by atoms with van der Waals surface area (Å²) in [7, 11) is -4.23. The molecule has 0 aliphatic heterocycles. The van der Waals surface area contributed by atoms with Gasteiger partial charge in [0.05, 0.1) is 4.90 Å². The smallest absolute Gasteiger partial charge is 0.294 e. The lowest BCUT2D eigenvalue weighted by atomic mass is 10.2. The number of hydrogen-bond donors (Lipinski definition) is 2.